The van der Waals surface area contributed by atoms with Gasteiger partial charge in [0.05, 0.1) is 6.33 Å². The third kappa shape index (κ3) is 4.14. The van der Waals surface area contributed by atoms with Gasteiger partial charge in [-0.15, -0.1) is 0 Å². The summed E-state index contributed by atoms with van der Waals surface area (Å²) in [5.74, 6) is 0. The lowest BCUT2D eigenvalue weighted by Gasteiger charge is -2.34. The van der Waals surface area contributed by atoms with Crippen molar-refractivity contribution < 1.29 is 4.79 Å². The Bertz CT molecular complexity index is 675. The Balaban J connectivity index is 1.45. The zero-order chi connectivity index (χ0) is 16.9. The summed E-state index contributed by atoms with van der Waals surface area (Å²) in [6.45, 7) is 9.41. The number of carbonyl (C=O) groups excluding carboxylic acids is 1. The minimum Gasteiger partial charge on any atom is -0.336 e. The van der Waals surface area contributed by atoms with Gasteiger partial charge in [-0.05, 0) is 37.1 Å². The van der Waals surface area contributed by atoms with Gasteiger partial charge in [0, 0.05) is 57.3 Å². The third-order valence-corrected chi connectivity index (χ3v) is 4.65. The van der Waals surface area contributed by atoms with Crippen molar-refractivity contribution in [3.05, 3.63) is 48.0 Å². The van der Waals surface area contributed by atoms with Gasteiger partial charge < -0.3 is 14.8 Å². The number of aryl methyl sites for hydroxylation is 2. The van der Waals surface area contributed by atoms with Crippen molar-refractivity contribution in [2.24, 2.45) is 0 Å². The summed E-state index contributed by atoms with van der Waals surface area (Å²) in [5.41, 5.74) is 3.29. The molecule has 1 aromatic heterocycles. The van der Waals surface area contributed by atoms with Crippen LogP contribution in [0.25, 0.3) is 0 Å². The Kier molecular flexibility index (Phi) is 5.15. The molecule has 2 aromatic rings. The number of carbonyl (C=O) groups is 1. The number of aromatic nitrogens is 2. The second-order valence-electron chi connectivity index (χ2n) is 6.36. The predicted octanol–water partition coefficient (Wildman–Crippen LogP) is 2.35. The van der Waals surface area contributed by atoms with Crippen molar-refractivity contribution in [2.45, 2.75) is 20.4 Å². The number of urea groups is 1. The number of nitrogens with zero attached hydrogens (tertiary/aromatic N) is 4. The molecule has 1 aromatic carbocycles. The van der Waals surface area contributed by atoms with E-state index in [9.17, 15) is 4.79 Å². The highest BCUT2D eigenvalue weighted by Crippen LogP contribution is 2.15. The van der Waals surface area contributed by atoms with E-state index in [0.717, 1.165) is 45.0 Å². The maximum Gasteiger partial charge on any atom is 0.321 e. The molecule has 0 radical (unpaired) electrons. The maximum absolute atomic E-state index is 12.4. The van der Waals surface area contributed by atoms with Gasteiger partial charge in [0.25, 0.3) is 0 Å². The van der Waals surface area contributed by atoms with Crippen LogP contribution in [0.3, 0.4) is 0 Å². The van der Waals surface area contributed by atoms with E-state index in [0.29, 0.717) is 0 Å². The van der Waals surface area contributed by atoms with Crippen LogP contribution in [0, 0.1) is 13.8 Å². The van der Waals surface area contributed by atoms with Gasteiger partial charge in [-0.25, -0.2) is 9.78 Å². The van der Waals surface area contributed by atoms with E-state index >= 15 is 0 Å². The Labute approximate surface area is 143 Å². The molecule has 3 rings (SSSR count). The first kappa shape index (κ1) is 16.5. The summed E-state index contributed by atoms with van der Waals surface area (Å²) in [6, 6.07) is 6.02. The Hall–Kier alpha value is -2.34. The number of benzene rings is 1. The van der Waals surface area contributed by atoms with E-state index in [4.69, 9.17) is 0 Å². The van der Waals surface area contributed by atoms with Crippen LogP contribution in [0.5, 0.6) is 0 Å². The number of imidazole rings is 1. The molecule has 2 heterocycles. The number of hydrogen-bond acceptors (Lipinski definition) is 3. The number of piperazine rings is 1. The Morgan fingerprint density at radius 3 is 2.58 bits per heavy atom. The molecule has 24 heavy (non-hydrogen) atoms. The molecule has 1 fully saturated rings. The van der Waals surface area contributed by atoms with E-state index in [2.05, 4.69) is 33.6 Å². The highest BCUT2D eigenvalue weighted by molar-refractivity contribution is 5.89. The first-order chi connectivity index (χ1) is 11.6. The first-order valence-electron chi connectivity index (χ1n) is 8.43. The number of nitrogens with one attached hydrogen (secondary N) is 1. The van der Waals surface area contributed by atoms with E-state index in [1.165, 1.54) is 11.1 Å². The van der Waals surface area contributed by atoms with E-state index in [1.807, 2.05) is 35.6 Å². The molecule has 1 saturated heterocycles. The molecule has 0 saturated carbocycles. The summed E-state index contributed by atoms with van der Waals surface area (Å²) in [5, 5.41) is 3.00. The molecule has 0 bridgehead atoms. The summed E-state index contributed by atoms with van der Waals surface area (Å²) in [6.07, 6.45) is 5.62. The topological polar surface area (TPSA) is 53.4 Å². The molecule has 1 aliphatic rings. The minimum absolute atomic E-state index is 0.00693. The second-order valence-corrected chi connectivity index (χ2v) is 6.36. The molecule has 1 aliphatic heterocycles. The number of amides is 2. The normalized spacial score (nSPS) is 15.5. The van der Waals surface area contributed by atoms with E-state index in [-0.39, 0.29) is 6.03 Å². The lowest BCUT2D eigenvalue weighted by Crippen LogP contribution is -2.50. The summed E-state index contributed by atoms with van der Waals surface area (Å²) < 4.78 is 2.08. The van der Waals surface area contributed by atoms with Gasteiger partial charge in [0.1, 0.15) is 0 Å². The molecular formula is C18H25N5O. The van der Waals surface area contributed by atoms with Crippen LogP contribution >= 0.6 is 0 Å². The molecule has 0 aliphatic carbocycles. The highest BCUT2D eigenvalue weighted by Gasteiger charge is 2.20. The fourth-order valence-corrected chi connectivity index (χ4v) is 2.87. The average molecular weight is 327 g/mol. The zero-order valence-corrected chi connectivity index (χ0v) is 14.4. The van der Waals surface area contributed by atoms with Crippen LogP contribution < -0.4 is 5.32 Å². The van der Waals surface area contributed by atoms with Crippen molar-refractivity contribution in [2.75, 3.05) is 38.0 Å². The molecule has 1 N–H and O–H groups in total. The monoisotopic (exact) mass is 327 g/mol. The van der Waals surface area contributed by atoms with Gasteiger partial charge in [0.2, 0.25) is 0 Å². The van der Waals surface area contributed by atoms with Gasteiger partial charge in [-0.2, -0.15) is 0 Å². The zero-order valence-electron chi connectivity index (χ0n) is 14.4. The molecule has 0 unspecified atom stereocenters. The molecular weight excluding hydrogens is 302 g/mol. The Morgan fingerprint density at radius 1 is 1.12 bits per heavy atom. The largest absolute Gasteiger partial charge is 0.336 e. The standard InChI is InChI=1S/C18H25N5O/c1-15-3-4-17(13-16(15)2)20-18(24)23-11-9-21(10-12-23)7-8-22-6-5-19-14-22/h3-6,13-14H,7-12H2,1-2H3,(H,20,24). The fourth-order valence-electron chi connectivity index (χ4n) is 2.87. The van der Waals surface area contributed by atoms with E-state index < -0.39 is 0 Å². The van der Waals surface area contributed by atoms with Crippen LogP contribution in [0.4, 0.5) is 10.5 Å². The lowest BCUT2D eigenvalue weighted by atomic mass is 10.1. The van der Waals surface area contributed by atoms with Gasteiger partial charge in [-0.1, -0.05) is 6.07 Å². The number of hydrogen-bond donors (Lipinski definition) is 1. The second kappa shape index (κ2) is 7.49. The van der Waals surface area contributed by atoms with Crippen molar-refractivity contribution in [3.8, 4) is 0 Å². The maximum atomic E-state index is 12.4. The molecule has 0 spiro atoms. The van der Waals surface area contributed by atoms with Crippen LogP contribution in [0.1, 0.15) is 11.1 Å². The third-order valence-electron chi connectivity index (χ3n) is 4.65. The van der Waals surface area contributed by atoms with Crippen molar-refractivity contribution in [3.63, 3.8) is 0 Å². The summed E-state index contributed by atoms with van der Waals surface area (Å²) >= 11 is 0. The van der Waals surface area contributed by atoms with Crippen LogP contribution in [-0.2, 0) is 6.54 Å². The SMILES string of the molecule is Cc1ccc(NC(=O)N2CCN(CCn3ccnc3)CC2)cc1C. The first-order valence-corrected chi connectivity index (χ1v) is 8.43. The molecule has 2 amide bonds. The van der Waals surface area contributed by atoms with Crippen LogP contribution in [0.2, 0.25) is 0 Å². The predicted molar refractivity (Wildman–Crippen MR) is 95.2 cm³/mol. The van der Waals surface area contributed by atoms with Crippen molar-refractivity contribution >= 4 is 11.7 Å². The van der Waals surface area contributed by atoms with E-state index in [1.54, 1.807) is 6.20 Å². The lowest BCUT2D eigenvalue weighted by molar-refractivity contribution is 0.144. The molecule has 0 atom stereocenters. The van der Waals surface area contributed by atoms with Crippen molar-refractivity contribution in [1.29, 1.82) is 0 Å². The number of anilines is 1. The molecule has 6 nitrogen and oxygen atoms in total. The highest BCUT2D eigenvalue weighted by atomic mass is 16.2. The average Bonchev–Trinajstić information content (AvgIpc) is 3.10. The smallest absolute Gasteiger partial charge is 0.321 e. The minimum atomic E-state index is -0.00693. The van der Waals surface area contributed by atoms with Crippen molar-refractivity contribution in [1.82, 2.24) is 19.4 Å². The van der Waals surface area contributed by atoms with Gasteiger partial charge in [0.15, 0.2) is 0 Å². The van der Waals surface area contributed by atoms with Crippen LogP contribution in [-0.4, -0.2) is 58.1 Å². The van der Waals surface area contributed by atoms with Gasteiger partial charge >= 0.3 is 6.03 Å². The number of rotatable bonds is 4. The molecule has 128 valence electrons. The Morgan fingerprint density at radius 2 is 1.92 bits per heavy atom. The van der Waals surface area contributed by atoms with Crippen LogP contribution in [0.15, 0.2) is 36.9 Å². The van der Waals surface area contributed by atoms with Gasteiger partial charge in [-0.3, -0.25) is 4.90 Å². The summed E-state index contributed by atoms with van der Waals surface area (Å²) in [4.78, 5) is 20.7. The molecule has 6 heteroatoms. The summed E-state index contributed by atoms with van der Waals surface area (Å²) in [7, 11) is 0. The quantitative estimate of drug-likeness (QED) is 0.938. The fraction of sp³-hybridized carbons (Fsp3) is 0.444.